The van der Waals surface area contributed by atoms with Gasteiger partial charge in [-0.3, -0.25) is 0 Å². The lowest BCUT2D eigenvalue weighted by Gasteiger charge is -1.94. The molecule has 0 aliphatic carbocycles. The Kier molecular flexibility index (Phi) is 1.91. The first-order valence-electron chi connectivity index (χ1n) is 3.03. The summed E-state index contributed by atoms with van der Waals surface area (Å²) in [5.74, 6) is -1.08. The van der Waals surface area contributed by atoms with Gasteiger partial charge in [-0.2, -0.15) is 5.10 Å². The number of carboxylic acids is 1. The van der Waals surface area contributed by atoms with E-state index in [1.54, 1.807) is 6.92 Å². The Balaban J connectivity index is 3.05. The Morgan fingerprint density at radius 1 is 1.82 bits per heavy atom. The molecular weight excluding hydrogens is 148 g/mol. The van der Waals surface area contributed by atoms with Gasteiger partial charge < -0.3 is 10.2 Å². The predicted octanol–water partition coefficient (Wildman–Crippen LogP) is -0.160. The molecule has 0 radical (unpaired) electrons. The zero-order chi connectivity index (χ0) is 8.43. The topological polar surface area (TPSA) is 75.3 Å². The number of hydrogen-bond donors (Lipinski definition) is 2. The number of carboxylic acid groups (broad SMARTS) is 1. The minimum Gasteiger partial charge on any atom is -0.476 e. The molecule has 1 aromatic rings. The average molecular weight is 156 g/mol. The monoisotopic (exact) mass is 156 g/mol. The van der Waals surface area contributed by atoms with Crippen LogP contribution >= 0.6 is 0 Å². The highest BCUT2D eigenvalue weighted by Gasteiger charge is 2.08. The Morgan fingerprint density at radius 3 is 2.73 bits per heavy atom. The zero-order valence-corrected chi connectivity index (χ0v) is 5.98. The summed E-state index contributed by atoms with van der Waals surface area (Å²) in [5, 5.41) is 20.7. The van der Waals surface area contributed by atoms with Gasteiger partial charge >= 0.3 is 5.97 Å². The highest BCUT2D eigenvalue weighted by molar-refractivity contribution is 5.85. The molecule has 60 valence electrons. The second-order valence-electron chi connectivity index (χ2n) is 2.12. The molecule has 0 aliphatic heterocycles. The van der Waals surface area contributed by atoms with Crippen LogP contribution in [0.3, 0.4) is 0 Å². The summed E-state index contributed by atoms with van der Waals surface area (Å²) in [4.78, 5) is 10.3. The lowest BCUT2D eigenvalue weighted by atomic mass is 10.4. The predicted molar refractivity (Wildman–Crippen MR) is 36.1 cm³/mol. The summed E-state index contributed by atoms with van der Waals surface area (Å²) in [5.41, 5.74) is 0.585. The van der Waals surface area contributed by atoms with Crippen LogP contribution in [0.1, 0.15) is 16.2 Å². The van der Waals surface area contributed by atoms with Crippen molar-refractivity contribution in [2.75, 3.05) is 0 Å². The van der Waals surface area contributed by atoms with E-state index in [1.165, 1.54) is 10.7 Å². The number of rotatable bonds is 2. The van der Waals surface area contributed by atoms with Crippen LogP contribution in [-0.4, -0.2) is 26.0 Å². The van der Waals surface area contributed by atoms with E-state index in [4.69, 9.17) is 10.2 Å². The molecule has 0 aliphatic rings. The normalized spacial score (nSPS) is 10.0. The van der Waals surface area contributed by atoms with Gasteiger partial charge in [-0.15, -0.1) is 0 Å². The molecule has 1 aromatic heterocycles. The van der Waals surface area contributed by atoms with Crippen molar-refractivity contribution in [3.05, 3.63) is 17.5 Å². The maximum atomic E-state index is 10.3. The van der Waals surface area contributed by atoms with Crippen molar-refractivity contribution in [3.8, 4) is 0 Å². The van der Waals surface area contributed by atoms with Crippen LogP contribution in [-0.2, 0) is 6.73 Å². The number of carbonyl (C=O) groups is 1. The smallest absolute Gasteiger partial charge is 0.356 e. The van der Waals surface area contributed by atoms with Gasteiger partial charge in [-0.25, -0.2) is 9.48 Å². The van der Waals surface area contributed by atoms with Crippen molar-refractivity contribution < 1.29 is 15.0 Å². The molecule has 1 rings (SSSR count). The van der Waals surface area contributed by atoms with E-state index in [0.29, 0.717) is 5.69 Å². The summed E-state index contributed by atoms with van der Waals surface area (Å²) in [6, 6.07) is 1.40. The first-order valence-corrected chi connectivity index (χ1v) is 3.03. The van der Waals surface area contributed by atoms with Gasteiger partial charge in [0.2, 0.25) is 0 Å². The minimum absolute atomic E-state index is 0.0449. The fourth-order valence-corrected chi connectivity index (χ4v) is 0.758. The van der Waals surface area contributed by atoms with Crippen LogP contribution in [0.5, 0.6) is 0 Å². The van der Waals surface area contributed by atoms with E-state index in [0.717, 1.165) is 0 Å². The van der Waals surface area contributed by atoms with Crippen LogP contribution in [0, 0.1) is 6.92 Å². The third-order valence-electron chi connectivity index (χ3n) is 1.33. The van der Waals surface area contributed by atoms with Crippen molar-refractivity contribution in [1.82, 2.24) is 9.78 Å². The molecule has 0 saturated carbocycles. The number of hydrogen-bond acceptors (Lipinski definition) is 3. The summed E-state index contributed by atoms with van der Waals surface area (Å²) in [7, 11) is 0. The Morgan fingerprint density at radius 2 is 2.45 bits per heavy atom. The van der Waals surface area contributed by atoms with Crippen LogP contribution in [0.4, 0.5) is 0 Å². The molecule has 0 bridgehead atoms. The first kappa shape index (κ1) is 7.74. The molecule has 2 N–H and O–H groups in total. The first-order chi connectivity index (χ1) is 5.15. The Hall–Kier alpha value is -1.36. The van der Waals surface area contributed by atoms with Crippen LogP contribution < -0.4 is 0 Å². The largest absolute Gasteiger partial charge is 0.476 e. The van der Waals surface area contributed by atoms with Crippen molar-refractivity contribution in [2.24, 2.45) is 0 Å². The third kappa shape index (κ3) is 1.38. The maximum absolute atomic E-state index is 10.3. The number of aliphatic hydroxyl groups is 1. The lowest BCUT2D eigenvalue weighted by molar-refractivity contribution is 0.0688. The lowest BCUT2D eigenvalue weighted by Crippen LogP contribution is -2.03. The van der Waals surface area contributed by atoms with Crippen molar-refractivity contribution in [3.63, 3.8) is 0 Å². The summed E-state index contributed by atoms with van der Waals surface area (Å²) in [6.45, 7) is 1.38. The minimum atomic E-state index is -1.08. The van der Waals surface area contributed by atoms with Gasteiger partial charge in [0.15, 0.2) is 5.69 Å². The second kappa shape index (κ2) is 2.71. The molecule has 0 unspecified atom stereocenters. The van der Waals surface area contributed by atoms with Gasteiger partial charge in [0, 0.05) is 5.69 Å². The number of aromatic carboxylic acids is 1. The highest BCUT2D eigenvalue weighted by atomic mass is 16.4. The summed E-state index contributed by atoms with van der Waals surface area (Å²) in [6.07, 6.45) is 0. The van der Waals surface area contributed by atoms with Crippen LogP contribution in [0.25, 0.3) is 0 Å². The number of nitrogens with zero attached hydrogens (tertiary/aromatic N) is 2. The third-order valence-corrected chi connectivity index (χ3v) is 1.33. The van der Waals surface area contributed by atoms with E-state index in [2.05, 4.69) is 5.10 Å². The van der Waals surface area contributed by atoms with Gasteiger partial charge in [0.1, 0.15) is 6.73 Å². The number of aryl methyl sites for hydroxylation is 1. The van der Waals surface area contributed by atoms with E-state index in [-0.39, 0.29) is 12.4 Å². The molecule has 0 saturated heterocycles. The maximum Gasteiger partial charge on any atom is 0.356 e. The standard InChI is InChI=1S/C6H8N2O3/c1-4-2-5(6(10)11)7-8(4)3-9/h2,9H,3H2,1H3,(H,10,11). The molecule has 11 heavy (non-hydrogen) atoms. The average Bonchev–Trinajstić information content (AvgIpc) is 2.31. The highest BCUT2D eigenvalue weighted by Crippen LogP contribution is 2.01. The van der Waals surface area contributed by atoms with Crippen molar-refractivity contribution in [1.29, 1.82) is 0 Å². The quantitative estimate of drug-likeness (QED) is 0.623. The molecule has 0 spiro atoms. The fraction of sp³-hybridized carbons (Fsp3) is 0.333. The number of aliphatic hydroxyl groups excluding tert-OH is 1. The molecule has 5 nitrogen and oxygen atoms in total. The fourth-order valence-electron chi connectivity index (χ4n) is 0.758. The van der Waals surface area contributed by atoms with Crippen LogP contribution in [0.2, 0.25) is 0 Å². The summed E-state index contributed by atoms with van der Waals surface area (Å²) < 4.78 is 1.21. The molecule has 0 atom stereocenters. The van der Waals surface area contributed by atoms with Crippen molar-refractivity contribution >= 4 is 5.97 Å². The molecule has 1 heterocycles. The van der Waals surface area contributed by atoms with E-state index in [1.807, 2.05) is 0 Å². The molecule has 0 amide bonds. The van der Waals surface area contributed by atoms with Gasteiger partial charge in [-0.1, -0.05) is 0 Å². The summed E-state index contributed by atoms with van der Waals surface area (Å²) >= 11 is 0. The van der Waals surface area contributed by atoms with E-state index >= 15 is 0 Å². The Bertz CT molecular complexity index is 279. The molecular formula is C6H8N2O3. The Labute approximate surface area is 62.9 Å². The van der Waals surface area contributed by atoms with Crippen LogP contribution in [0.15, 0.2) is 6.07 Å². The van der Waals surface area contributed by atoms with Crippen molar-refractivity contribution in [2.45, 2.75) is 13.7 Å². The molecule has 0 fully saturated rings. The molecule has 5 heteroatoms. The van der Waals surface area contributed by atoms with E-state index < -0.39 is 5.97 Å². The number of aromatic nitrogens is 2. The molecule has 0 aromatic carbocycles. The van der Waals surface area contributed by atoms with E-state index in [9.17, 15) is 4.79 Å². The second-order valence-corrected chi connectivity index (χ2v) is 2.12. The SMILES string of the molecule is Cc1cc(C(=O)O)nn1CO. The van der Waals surface area contributed by atoms with Gasteiger partial charge in [-0.05, 0) is 13.0 Å². The zero-order valence-electron chi connectivity index (χ0n) is 5.98. The van der Waals surface area contributed by atoms with Gasteiger partial charge in [0.25, 0.3) is 0 Å². The van der Waals surface area contributed by atoms with Gasteiger partial charge in [0.05, 0.1) is 0 Å².